The number of piperazine rings is 1. The van der Waals surface area contributed by atoms with Crippen LogP contribution in [0.15, 0.2) is 61.2 Å². The van der Waals surface area contributed by atoms with Gasteiger partial charge in [0, 0.05) is 76.5 Å². The van der Waals surface area contributed by atoms with Crippen LogP contribution in [0.1, 0.15) is 21.6 Å². The molecule has 38 heavy (non-hydrogen) atoms. The number of pyridine rings is 1. The van der Waals surface area contributed by atoms with Gasteiger partial charge < -0.3 is 19.7 Å². The number of benzene rings is 1. The Morgan fingerprint density at radius 3 is 2.29 bits per heavy atom. The first-order valence-electron chi connectivity index (χ1n) is 12.7. The summed E-state index contributed by atoms with van der Waals surface area (Å²) in [6.07, 6.45) is 6.10. The summed E-state index contributed by atoms with van der Waals surface area (Å²) in [5.74, 6) is 0.451. The third-order valence-corrected chi connectivity index (χ3v) is 6.54. The van der Waals surface area contributed by atoms with Crippen molar-refractivity contribution in [1.29, 1.82) is 0 Å². The van der Waals surface area contributed by atoms with Gasteiger partial charge in [-0.1, -0.05) is 12.1 Å². The number of amides is 2. The Hall–Kier alpha value is -3.93. The van der Waals surface area contributed by atoms with Crippen LogP contribution < -0.4 is 10.1 Å². The first-order chi connectivity index (χ1) is 18.6. The topological polar surface area (TPSA) is 113 Å². The van der Waals surface area contributed by atoms with Gasteiger partial charge in [-0.25, -0.2) is 9.78 Å². The highest BCUT2D eigenvalue weighted by atomic mass is 16.6. The van der Waals surface area contributed by atoms with E-state index in [0.717, 1.165) is 57.2 Å². The van der Waals surface area contributed by atoms with E-state index in [1.165, 1.54) is 6.20 Å². The van der Waals surface area contributed by atoms with E-state index in [1.807, 2.05) is 24.3 Å². The number of hydrogen-bond donors (Lipinski definition) is 1. The molecule has 198 valence electrons. The van der Waals surface area contributed by atoms with Gasteiger partial charge in [0.25, 0.3) is 5.91 Å². The van der Waals surface area contributed by atoms with Crippen LogP contribution in [0.2, 0.25) is 0 Å². The summed E-state index contributed by atoms with van der Waals surface area (Å²) in [6.45, 7) is 7.46. The van der Waals surface area contributed by atoms with Crippen molar-refractivity contribution in [3.8, 4) is 5.75 Å². The molecule has 1 N–H and O–H groups in total. The SMILES string of the molecule is O=C(Nc1ccc(OC(=O)N2CCN(Cc3cnccn3)CC2)cn1)c1ccc(CN2CCOCC2)cc1. The highest BCUT2D eigenvalue weighted by Crippen LogP contribution is 2.16. The Kier molecular flexibility index (Phi) is 8.49. The minimum Gasteiger partial charge on any atom is -0.409 e. The van der Waals surface area contributed by atoms with Gasteiger partial charge in [-0.15, -0.1) is 0 Å². The molecule has 2 fully saturated rings. The van der Waals surface area contributed by atoms with Crippen molar-refractivity contribution in [2.45, 2.75) is 13.1 Å². The van der Waals surface area contributed by atoms with E-state index in [0.29, 0.717) is 36.8 Å². The summed E-state index contributed by atoms with van der Waals surface area (Å²) >= 11 is 0. The molecule has 0 bridgehead atoms. The summed E-state index contributed by atoms with van der Waals surface area (Å²) in [4.78, 5) is 44.1. The molecular formula is C27H31N7O4. The summed E-state index contributed by atoms with van der Waals surface area (Å²) in [5, 5.41) is 2.78. The number of rotatable bonds is 7. The number of ether oxygens (including phenoxy) is 2. The average molecular weight is 518 g/mol. The molecule has 0 radical (unpaired) electrons. The highest BCUT2D eigenvalue weighted by Gasteiger charge is 2.23. The van der Waals surface area contributed by atoms with Gasteiger partial charge in [-0.05, 0) is 29.8 Å². The highest BCUT2D eigenvalue weighted by molar-refractivity contribution is 6.03. The third kappa shape index (κ3) is 7.09. The smallest absolute Gasteiger partial charge is 0.409 e. The fourth-order valence-corrected chi connectivity index (χ4v) is 4.38. The number of morpholine rings is 1. The predicted molar refractivity (Wildman–Crippen MR) is 140 cm³/mol. The zero-order chi connectivity index (χ0) is 26.2. The second-order valence-electron chi connectivity index (χ2n) is 9.25. The minimum absolute atomic E-state index is 0.250. The molecule has 2 saturated heterocycles. The first kappa shape index (κ1) is 25.7. The van der Waals surface area contributed by atoms with Gasteiger partial charge in [0.2, 0.25) is 0 Å². The molecule has 2 aliphatic rings. The normalized spacial score (nSPS) is 16.7. The number of aromatic nitrogens is 3. The van der Waals surface area contributed by atoms with E-state index in [-0.39, 0.29) is 5.91 Å². The predicted octanol–water partition coefficient (Wildman–Crippen LogP) is 2.27. The van der Waals surface area contributed by atoms with Crippen LogP contribution in [0.5, 0.6) is 5.75 Å². The molecule has 11 heteroatoms. The third-order valence-electron chi connectivity index (χ3n) is 6.54. The number of anilines is 1. The molecule has 0 unspecified atom stereocenters. The quantitative estimate of drug-likeness (QED) is 0.504. The standard InChI is InChI=1S/C27H31N7O4/c35-26(22-3-1-21(2-4-22)19-33-13-15-37-16-14-33)31-25-6-5-24(18-30-25)38-27(36)34-11-9-32(10-12-34)20-23-17-28-7-8-29-23/h1-8,17-18H,9-16,19-20H2,(H,30,31,35). The van der Waals surface area contributed by atoms with Crippen LogP contribution in [-0.4, -0.2) is 94.1 Å². The molecule has 4 heterocycles. The second kappa shape index (κ2) is 12.5. The molecule has 5 rings (SSSR count). The van der Waals surface area contributed by atoms with Crippen molar-refractivity contribution in [1.82, 2.24) is 29.7 Å². The zero-order valence-electron chi connectivity index (χ0n) is 21.2. The lowest BCUT2D eigenvalue weighted by Gasteiger charge is -2.33. The molecule has 2 aromatic heterocycles. The number of nitrogens with one attached hydrogen (secondary N) is 1. The van der Waals surface area contributed by atoms with Crippen molar-refractivity contribution < 1.29 is 19.1 Å². The van der Waals surface area contributed by atoms with Gasteiger partial charge in [0.15, 0.2) is 5.75 Å². The van der Waals surface area contributed by atoms with E-state index in [2.05, 4.69) is 30.1 Å². The summed E-state index contributed by atoms with van der Waals surface area (Å²) in [6, 6.07) is 10.8. The number of nitrogens with zero attached hydrogens (tertiary/aromatic N) is 6. The number of carbonyl (C=O) groups is 2. The summed E-state index contributed by atoms with van der Waals surface area (Å²) in [5.41, 5.74) is 2.61. The number of hydrogen-bond acceptors (Lipinski definition) is 9. The van der Waals surface area contributed by atoms with Crippen LogP contribution in [0.25, 0.3) is 0 Å². The lowest BCUT2D eigenvalue weighted by molar-refractivity contribution is 0.0342. The van der Waals surface area contributed by atoms with Crippen molar-refractivity contribution >= 4 is 17.8 Å². The maximum Gasteiger partial charge on any atom is 0.415 e. The Balaban J connectivity index is 1.06. The monoisotopic (exact) mass is 517 g/mol. The van der Waals surface area contributed by atoms with Gasteiger partial charge in [0.1, 0.15) is 5.82 Å². The van der Waals surface area contributed by atoms with Crippen molar-refractivity contribution in [3.05, 3.63) is 78.0 Å². The fourth-order valence-electron chi connectivity index (χ4n) is 4.38. The van der Waals surface area contributed by atoms with Crippen LogP contribution >= 0.6 is 0 Å². The van der Waals surface area contributed by atoms with Crippen LogP contribution in [0, 0.1) is 0 Å². The Morgan fingerprint density at radius 2 is 1.61 bits per heavy atom. The Labute approximate surface area is 221 Å². The summed E-state index contributed by atoms with van der Waals surface area (Å²) in [7, 11) is 0. The Morgan fingerprint density at radius 1 is 0.842 bits per heavy atom. The van der Waals surface area contributed by atoms with Gasteiger partial charge >= 0.3 is 6.09 Å². The molecule has 0 saturated carbocycles. The molecule has 0 atom stereocenters. The summed E-state index contributed by atoms with van der Waals surface area (Å²) < 4.78 is 10.9. The molecule has 0 spiro atoms. The largest absolute Gasteiger partial charge is 0.415 e. The van der Waals surface area contributed by atoms with Crippen molar-refractivity contribution in [2.75, 3.05) is 57.8 Å². The molecule has 2 amide bonds. The van der Waals surface area contributed by atoms with Gasteiger partial charge in [0.05, 0.1) is 25.1 Å². The second-order valence-corrected chi connectivity index (χ2v) is 9.25. The molecular weight excluding hydrogens is 486 g/mol. The van der Waals surface area contributed by atoms with E-state index in [1.54, 1.807) is 35.6 Å². The maximum atomic E-state index is 12.6. The lowest BCUT2D eigenvalue weighted by atomic mass is 10.1. The van der Waals surface area contributed by atoms with E-state index < -0.39 is 6.09 Å². The van der Waals surface area contributed by atoms with E-state index in [4.69, 9.17) is 9.47 Å². The maximum absolute atomic E-state index is 12.6. The minimum atomic E-state index is -0.417. The molecule has 1 aromatic carbocycles. The van der Waals surface area contributed by atoms with Crippen LogP contribution in [-0.2, 0) is 17.8 Å². The van der Waals surface area contributed by atoms with Gasteiger partial charge in [-0.3, -0.25) is 24.6 Å². The van der Waals surface area contributed by atoms with Crippen LogP contribution in [0.4, 0.5) is 10.6 Å². The Bertz CT molecular complexity index is 1190. The van der Waals surface area contributed by atoms with Crippen LogP contribution in [0.3, 0.4) is 0 Å². The molecule has 0 aliphatic carbocycles. The fraction of sp³-hybridized carbons (Fsp3) is 0.370. The van der Waals surface area contributed by atoms with Gasteiger partial charge in [-0.2, -0.15) is 0 Å². The molecule has 11 nitrogen and oxygen atoms in total. The molecule has 2 aliphatic heterocycles. The van der Waals surface area contributed by atoms with Crippen molar-refractivity contribution in [2.24, 2.45) is 0 Å². The van der Waals surface area contributed by atoms with Crippen molar-refractivity contribution in [3.63, 3.8) is 0 Å². The average Bonchev–Trinajstić information content (AvgIpc) is 2.96. The first-order valence-corrected chi connectivity index (χ1v) is 12.7. The molecule has 3 aromatic rings. The lowest BCUT2D eigenvalue weighted by Crippen LogP contribution is -2.49. The van der Waals surface area contributed by atoms with E-state index in [9.17, 15) is 9.59 Å². The van der Waals surface area contributed by atoms with E-state index >= 15 is 0 Å². The number of carbonyl (C=O) groups excluding carboxylic acids is 2. The zero-order valence-corrected chi connectivity index (χ0v) is 21.2.